The zero-order valence-electron chi connectivity index (χ0n) is 8.46. The average molecular weight is 181 g/mol. The minimum atomic E-state index is 0.376. The van der Waals surface area contributed by atoms with Gasteiger partial charge in [-0.3, -0.25) is 4.99 Å². The summed E-state index contributed by atoms with van der Waals surface area (Å²) in [7, 11) is 0. The Kier molecular flexibility index (Phi) is 2.99. The smallest absolute Gasteiger partial charge is 0.0951 e. The van der Waals surface area contributed by atoms with Gasteiger partial charge in [-0.05, 0) is 38.0 Å². The minimum absolute atomic E-state index is 0.376. The van der Waals surface area contributed by atoms with E-state index in [9.17, 15) is 0 Å². The van der Waals surface area contributed by atoms with Gasteiger partial charge in [0.05, 0.1) is 6.10 Å². The van der Waals surface area contributed by atoms with Gasteiger partial charge >= 0.3 is 0 Å². The van der Waals surface area contributed by atoms with Crippen LogP contribution in [0.4, 0.5) is 0 Å². The number of hydrogen-bond donors (Lipinski definition) is 0. The molecule has 1 unspecified atom stereocenters. The second-order valence-electron chi connectivity index (χ2n) is 4.33. The maximum atomic E-state index is 5.72. The van der Waals surface area contributed by atoms with Gasteiger partial charge in [0.1, 0.15) is 0 Å². The van der Waals surface area contributed by atoms with Crippen molar-refractivity contribution in [3.05, 3.63) is 0 Å². The molecule has 0 aliphatic carbocycles. The predicted molar refractivity (Wildman–Crippen MR) is 54.3 cm³/mol. The van der Waals surface area contributed by atoms with Crippen molar-refractivity contribution in [1.29, 1.82) is 0 Å². The summed E-state index contributed by atoms with van der Waals surface area (Å²) in [5.41, 5.74) is 1.35. The van der Waals surface area contributed by atoms with Crippen molar-refractivity contribution in [2.45, 2.75) is 45.1 Å². The van der Waals surface area contributed by atoms with E-state index in [0.29, 0.717) is 6.10 Å². The molecule has 2 heterocycles. The van der Waals surface area contributed by atoms with Crippen LogP contribution in [-0.2, 0) is 4.74 Å². The molecule has 0 aromatic carbocycles. The highest BCUT2D eigenvalue weighted by Crippen LogP contribution is 2.21. The second kappa shape index (κ2) is 4.23. The third kappa shape index (κ3) is 2.31. The number of aliphatic imine (C=N–C) groups is 1. The van der Waals surface area contributed by atoms with E-state index in [2.05, 4.69) is 11.9 Å². The molecule has 0 N–H and O–H groups in total. The van der Waals surface area contributed by atoms with Gasteiger partial charge in [0.2, 0.25) is 0 Å². The third-order valence-electron chi connectivity index (χ3n) is 3.05. The summed E-state index contributed by atoms with van der Waals surface area (Å²) < 4.78 is 5.72. The van der Waals surface area contributed by atoms with Crippen LogP contribution in [0.5, 0.6) is 0 Å². The number of nitrogens with zero attached hydrogens (tertiary/aromatic N) is 1. The maximum absolute atomic E-state index is 5.72. The fourth-order valence-corrected chi connectivity index (χ4v) is 2.10. The fraction of sp³-hybridized carbons (Fsp3) is 0.909. The standard InChI is InChI=1S/C11H19NO/c1-9-5-6-10(12-8-9)11-4-2-3-7-13-11/h9,11H,2-8H2,1H3/t9-,11?/m0/s1. The molecule has 0 spiro atoms. The monoisotopic (exact) mass is 181 g/mol. The van der Waals surface area contributed by atoms with Crippen molar-refractivity contribution in [1.82, 2.24) is 0 Å². The normalized spacial score (nSPS) is 35.6. The summed E-state index contributed by atoms with van der Waals surface area (Å²) in [6.07, 6.45) is 6.61. The first-order valence-corrected chi connectivity index (χ1v) is 5.51. The predicted octanol–water partition coefficient (Wildman–Crippen LogP) is 2.43. The van der Waals surface area contributed by atoms with Crippen LogP contribution in [0.2, 0.25) is 0 Å². The fourth-order valence-electron chi connectivity index (χ4n) is 2.10. The molecule has 0 bridgehead atoms. The van der Waals surface area contributed by atoms with Crippen LogP contribution < -0.4 is 0 Å². The minimum Gasteiger partial charge on any atom is -0.372 e. The van der Waals surface area contributed by atoms with Gasteiger partial charge in [0, 0.05) is 18.9 Å². The van der Waals surface area contributed by atoms with Crippen LogP contribution in [0.25, 0.3) is 0 Å². The van der Waals surface area contributed by atoms with Crippen LogP contribution in [0.3, 0.4) is 0 Å². The van der Waals surface area contributed by atoms with Crippen LogP contribution in [-0.4, -0.2) is 25.0 Å². The van der Waals surface area contributed by atoms with Crippen LogP contribution >= 0.6 is 0 Å². The highest BCUT2D eigenvalue weighted by atomic mass is 16.5. The molecule has 0 amide bonds. The topological polar surface area (TPSA) is 21.6 Å². The summed E-state index contributed by atoms with van der Waals surface area (Å²) in [5.74, 6) is 0.785. The Morgan fingerprint density at radius 1 is 1.31 bits per heavy atom. The van der Waals surface area contributed by atoms with Crippen molar-refractivity contribution >= 4 is 5.71 Å². The molecular weight excluding hydrogens is 162 g/mol. The summed E-state index contributed by atoms with van der Waals surface area (Å²) in [6.45, 7) is 4.25. The molecular formula is C11H19NO. The summed E-state index contributed by atoms with van der Waals surface area (Å²) in [5, 5.41) is 0. The Bertz CT molecular complexity index is 194. The number of rotatable bonds is 1. The highest BCUT2D eigenvalue weighted by molar-refractivity contribution is 5.89. The van der Waals surface area contributed by atoms with Crippen molar-refractivity contribution in [2.75, 3.05) is 13.2 Å². The van der Waals surface area contributed by atoms with E-state index in [4.69, 9.17) is 4.74 Å². The van der Waals surface area contributed by atoms with E-state index in [1.54, 1.807) is 0 Å². The molecule has 0 aromatic heterocycles. The van der Waals surface area contributed by atoms with Gasteiger partial charge in [0.25, 0.3) is 0 Å². The van der Waals surface area contributed by atoms with Crippen molar-refractivity contribution in [3.8, 4) is 0 Å². The maximum Gasteiger partial charge on any atom is 0.0951 e. The molecule has 2 heteroatoms. The number of ether oxygens (including phenoxy) is 1. The van der Waals surface area contributed by atoms with Gasteiger partial charge in [-0.1, -0.05) is 6.92 Å². The molecule has 13 heavy (non-hydrogen) atoms. The zero-order valence-corrected chi connectivity index (χ0v) is 8.46. The van der Waals surface area contributed by atoms with Crippen molar-refractivity contribution in [2.24, 2.45) is 10.9 Å². The van der Waals surface area contributed by atoms with E-state index < -0.39 is 0 Å². The Morgan fingerprint density at radius 2 is 2.23 bits per heavy atom. The second-order valence-corrected chi connectivity index (χ2v) is 4.33. The molecule has 0 radical (unpaired) electrons. The van der Waals surface area contributed by atoms with Gasteiger partial charge in [-0.15, -0.1) is 0 Å². The van der Waals surface area contributed by atoms with Crippen LogP contribution in [0.15, 0.2) is 4.99 Å². The van der Waals surface area contributed by atoms with Crippen molar-refractivity contribution in [3.63, 3.8) is 0 Å². The molecule has 2 atom stereocenters. The first-order valence-electron chi connectivity index (χ1n) is 5.51. The lowest BCUT2D eigenvalue weighted by atomic mass is 9.94. The van der Waals surface area contributed by atoms with E-state index in [1.807, 2.05) is 0 Å². The molecule has 74 valence electrons. The van der Waals surface area contributed by atoms with Crippen LogP contribution in [0.1, 0.15) is 39.0 Å². The van der Waals surface area contributed by atoms with Crippen molar-refractivity contribution < 1.29 is 4.74 Å². The largest absolute Gasteiger partial charge is 0.372 e. The van der Waals surface area contributed by atoms with Gasteiger partial charge in [0.15, 0.2) is 0 Å². The molecule has 0 aromatic rings. The summed E-state index contributed by atoms with van der Waals surface area (Å²) in [6, 6.07) is 0. The lowest BCUT2D eigenvalue weighted by Crippen LogP contribution is -2.31. The number of hydrogen-bond acceptors (Lipinski definition) is 2. The molecule has 1 saturated heterocycles. The molecule has 2 rings (SSSR count). The molecule has 1 fully saturated rings. The third-order valence-corrected chi connectivity index (χ3v) is 3.05. The molecule has 0 saturated carbocycles. The van der Waals surface area contributed by atoms with Gasteiger partial charge < -0.3 is 4.74 Å². The first-order chi connectivity index (χ1) is 6.36. The molecule has 2 aliphatic rings. The van der Waals surface area contributed by atoms with Crippen LogP contribution in [0, 0.1) is 5.92 Å². The van der Waals surface area contributed by atoms with Gasteiger partial charge in [-0.2, -0.15) is 0 Å². The quantitative estimate of drug-likeness (QED) is 0.609. The average Bonchev–Trinajstić information content (AvgIpc) is 2.20. The lowest BCUT2D eigenvalue weighted by molar-refractivity contribution is 0.0565. The Hall–Kier alpha value is -0.370. The molecule has 2 aliphatic heterocycles. The van der Waals surface area contributed by atoms with E-state index in [1.165, 1.54) is 37.8 Å². The first kappa shape index (κ1) is 9.20. The SMILES string of the molecule is C[C@H]1CCC(C2CCCCO2)=NC1. The lowest BCUT2D eigenvalue weighted by Gasteiger charge is -2.27. The van der Waals surface area contributed by atoms with Gasteiger partial charge in [-0.25, -0.2) is 0 Å². The summed E-state index contributed by atoms with van der Waals surface area (Å²) >= 11 is 0. The summed E-state index contributed by atoms with van der Waals surface area (Å²) in [4.78, 5) is 4.63. The molecule has 2 nitrogen and oxygen atoms in total. The van der Waals surface area contributed by atoms with E-state index >= 15 is 0 Å². The van der Waals surface area contributed by atoms with E-state index in [0.717, 1.165) is 19.1 Å². The van der Waals surface area contributed by atoms with E-state index in [-0.39, 0.29) is 0 Å². The Balaban J connectivity index is 1.92. The highest BCUT2D eigenvalue weighted by Gasteiger charge is 2.22. The zero-order chi connectivity index (χ0) is 9.10. The Morgan fingerprint density at radius 3 is 2.85 bits per heavy atom. The Labute approximate surface area is 80.4 Å².